The van der Waals surface area contributed by atoms with Gasteiger partial charge in [-0.25, -0.2) is 4.98 Å². The van der Waals surface area contributed by atoms with E-state index in [1.165, 1.54) is 12.3 Å². The van der Waals surface area contributed by atoms with E-state index in [1.54, 1.807) is 30.3 Å². The number of para-hydroxylation sites is 1. The maximum Gasteiger partial charge on any atom is 0.259 e. The first kappa shape index (κ1) is 11.6. The number of aromatic nitrogens is 1. The Balaban J connectivity index is 2.17. The van der Waals surface area contributed by atoms with Crippen LogP contribution in [0.25, 0.3) is 0 Å². The van der Waals surface area contributed by atoms with E-state index in [4.69, 9.17) is 0 Å². The van der Waals surface area contributed by atoms with E-state index < -0.39 is 0 Å². The molecule has 0 unspecified atom stereocenters. The number of carbonyl (C=O) groups is 1. The van der Waals surface area contributed by atoms with Crippen LogP contribution in [-0.4, -0.2) is 16.0 Å². The normalized spacial score (nSPS) is 9.94. The first-order valence-corrected chi connectivity index (χ1v) is 5.67. The molecule has 1 aromatic heterocycles. The maximum absolute atomic E-state index is 11.8. The molecule has 0 spiro atoms. The zero-order chi connectivity index (χ0) is 12.3. The molecule has 0 atom stereocenters. The van der Waals surface area contributed by atoms with Crippen LogP contribution >= 0.6 is 15.9 Å². The molecule has 0 saturated carbocycles. The number of anilines is 1. The standard InChI is InChI=1S/C12H9BrN2O2/c13-11-6-5-8(7-14-11)15-12(17)9-3-1-2-4-10(9)16/h1-7,16H,(H,15,17). The lowest BCUT2D eigenvalue weighted by molar-refractivity contribution is 0.102. The van der Waals surface area contributed by atoms with Gasteiger partial charge in [0.25, 0.3) is 5.91 Å². The first-order valence-electron chi connectivity index (χ1n) is 4.88. The molecule has 0 saturated heterocycles. The fourth-order valence-electron chi connectivity index (χ4n) is 1.31. The minimum atomic E-state index is -0.368. The lowest BCUT2D eigenvalue weighted by Gasteiger charge is -2.06. The van der Waals surface area contributed by atoms with Gasteiger partial charge in [0.05, 0.1) is 17.4 Å². The number of halogens is 1. The summed E-state index contributed by atoms with van der Waals surface area (Å²) in [5.74, 6) is -0.415. The zero-order valence-corrected chi connectivity index (χ0v) is 10.3. The van der Waals surface area contributed by atoms with Gasteiger partial charge in [-0.1, -0.05) is 12.1 Å². The average molecular weight is 293 g/mol. The number of aromatic hydroxyl groups is 1. The van der Waals surface area contributed by atoms with Crippen molar-refractivity contribution in [1.29, 1.82) is 0 Å². The Morgan fingerprint density at radius 2 is 2.00 bits per heavy atom. The molecule has 5 heteroatoms. The number of hydrogen-bond acceptors (Lipinski definition) is 3. The Labute approximate surface area is 106 Å². The van der Waals surface area contributed by atoms with Gasteiger partial charge in [-0.3, -0.25) is 4.79 Å². The van der Waals surface area contributed by atoms with Gasteiger partial charge in [-0.2, -0.15) is 0 Å². The molecule has 0 aliphatic carbocycles. The van der Waals surface area contributed by atoms with Crippen molar-refractivity contribution in [1.82, 2.24) is 4.98 Å². The van der Waals surface area contributed by atoms with Crippen LogP contribution in [0, 0.1) is 0 Å². The third-order valence-electron chi connectivity index (χ3n) is 2.13. The number of nitrogens with zero attached hydrogens (tertiary/aromatic N) is 1. The van der Waals surface area contributed by atoms with Crippen LogP contribution in [-0.2, 0) is 0 Å². The van der Waals surface area contributed by atoms with Gasteiger partial charge in [-0.15, -0.1) is 0 Å². The predicted molar refractivity (Wildman–Crippen MR) is 68.0 cm³/mol. The van der Waals surface area contributed by atoms with Crippen molar-refractivity contribution in [3.63, 3.8) is 0 Å². The number of benzene rings is 1. The number of phenolic OH excluding ortho intramolecular Hbond substituents is 1. The van der Waals surface area contributed by atoms with Gasteiger partial charge in [0.2, 0.25) is 0 Å². The number of hydrogen-bond donors (Lipinski definition) is 2. The quantitative estimate of drug-likeness (QED) is 0.837. The summed E-state index contributed by atoms with van der Waals surface area (Å²) in [5, 5.41) is 12.2. The van der Waals surface area contributed by atoms with Crippen molar-refractivity contribution >= 4 is 27.5 Å². The lowest BCUT2D eigenvalue weighted by atomic mass is 10.2. The van der Waals surface area contributed by atoms with Crippen molar-refractivity contribution in [3.8, 4) is 5.75 Å². The van der Waals surface area contributed by atoms with Crippen molar-refractivity contribution in [2.45, 2.75) is 0 Å². The van der Waals surface area contributed by atoms with Crippen LogP contribution in [0.4, 0.5) is 5.69 Å². The summed E-state index contributed by atoms with van der Waals surface area (Å²) >= 11 is 3.20. The van der Waals surface area contributed by atoms with Crippen LogP contribution in [0.15, 0.2) is 47.2 Å². The molecule has 1 amide bonds. The topological polar surface area (TPSA) is 62.2 Å². The summed E-state index contributed by atoms with van der Waals surface area (Å²) in [6.45, 7) is 0. The maximum atomic E-state index is 11.8. The Bertz CT molecular complexity index is 540. The smallest absolute Gasteiger partial charge is 0.259 e. The molecule has 86 valence electrons. The van der Waals surface area contributed by atoms with E-state index >= 15 is 0 Å². The minimum Gasteiger partial charge on any atom is -0.507 e. The highest BCUT2D eigenvalue weighted by molar-refractivity contribution is 9.10. The molecule has 0 radical (unpaired) electrons. The third kappa shape index (κ3) is 2.82. The molecule has 0 aliphatic heterocycles. The van der Waals surface area contributed by atoms with Crippen LogP contribution in [0.3, 0.4) is 0 Å². The Hall–Kier alpha value is -1.88. The largest absolute Gasteiger partial charge is 0.507 e. The molecule has 17 heavy (non-hydrogen) atoms. The fourth-order valence-corrected chi connectivity index (χ4v) is 1.55. The molecule has 0 fully saturated rings. The Morgan fingerprint density at radius 3 is 2.65 bits per heavy atom. The molecule has 2 aromatic rings. The van der Waals surface area contributed by atoms with E-state index in [0.29, 0.717) is 10.3 Å². The minimum absolute atomic E-state index is 0.0462. The van der Waals surface area contributed by atoms with Crippen molar-refractivity contribution in [2.75, 3.05) is 5.32 Å². The van der Waals surface area contributed by atoms with Crippen molar-refractivity contribution < 1.29 is 9.90 Å². The second kappa shape index (κ2) is 4.97. The molecule has 1 heterocycles. The zero-order valence-electron chi connectivity index (χ0n) is 8.72. The molecule has 4 nitrogen and oxygen atoms in total. The Morgan fingerprint density at radius 1 is 1.24 bits per heavy atom. The molecular weight excluding hydrogens is 284 g/mol. The highest BCUT2D eigenvalue weighted by Gasteiger charge is 2.10. The van der Waals surface area contributed by atoms with Crippen LogP contribution < -0.4 is 5.32 Å². The van der Waals surface area contributed by atoms with Crippen LogP contribution in [0.2, 0.25) is 0 Å². The summed E-state index contributed by atoms with van der Waals surface area (Å²) in [4.78, 5) is 15.8. The van der Waals surface area contributed by atoms with Gasteiger partial charge in [-0.05, 0) is 40.2 Å². The second-order valence-electron chi connectivity index (χ2n) is 3.34. The van der Waals surface area contributed by atoms with Gasteiger partial charge in [0.15, 0.2) is 0 Å². The lowest BCUT2D eigenvalue weighted by Crippen LogP contribution is -2.12. The van der Waals surface area contributed by atoms with Crippen molar-refractivity contribution in [2.24, 2.45) is 0 Å². The molecule has 0 bridgehead atoms. The number of amides is 1. The predicted octanol–water partition coefficient (Wildman–Crippen LogP) is 2.80. The monoisotopic (exact) mass is 292 g/mol. The van der Waals surface area contributed by atoms with Gasteiger partial charge >= 0.3 is 0 Å². The number of carbonyl (C=O) groups excluding carboxylic acids is 1. The van der Waals surface area contributed by atoms with Crippen molar-refractivity contribution in [3.05, 3.63) is 52.8 Å². The highest BCUT2D eigenvalue weighted by atomic mass is 79.9. The van der Waals surface area contributed by atoms with Gasteiger partial charge < -0.3 is 10.4 Å². The number of nitrogens with one attached hydrogen (secondary N) is 1. The van der Waals surface area contributed by atoms with E-state index in [-0.39, 0.29) is 17.2 Å². The summed E-state index contributed by atoms with van der Waals surface area (Å²) in [6.07, 6.45) is 1.53. The summed E-state index contributed by atoms with van der Waals surface area (Å²) < 4.78 is 0.693. The molecule has 1 aromatic carbocycles. The number of pyridine rings is 1. The number of phenols is 1. The second-order valence-corrected chi connectivity index (χ2v) is 4.15. The summed E-state index contributed by atoms with van der Waals surface area (Å²) in [6, 6.07) is 9.81. The van der Waals surface area contributed by atoms with E-state index in [2.05, 4.69) is 26.2 Å². The van der Waals surface area contributed by atoms with Gasteiger partial charge in [0, 0.05) is 0 Å². The van der Waals surface area contributed by atoms with E-state index in [1.807, 2.05) is 0 Å². The third-order valence-corrected chi connectivity index (χ3v) is 2.60. The van der Waals surface area contributed by atoms with E-state index in [0.717, 1.165) is 0 Å². The van der Waals surface area contributed by atoms with Crippen LogP contribution in [0.5, 0.6) is 5.75 Å². The molecule has 2 rings (SSSR count). The fraction of sp³-hybridized carbons (Fsp3) is 0. The highest BCUT2D eigenvalue weighted by Crippen LogP contribution is 2.18. The SMILES string of the molecule is O=C(Nc1ccc(Br)nc1)c1ccccc1O. The summed E-state index contributed by atoms with van der Waals surface area (Å²) in [5.41, 5.74) is 0.803. The average Bonchev–Trinajstić information content (AvgIpc) is 2.32. The van der Waals surface area contributed by atoms with E-state index in [9.17, 15) is 9.90 Å². The molecular formula is C12H9BrN2O2. The first-order chi connectivity index (χ1) is 8.16. The molecule has 0 aliphatic rings. The van der Waals surface area contributed by atoms with Gasteiger partial charge in [0.1, 0.15) is 10.4 Å². The Kier molecular flexibility index (Phi) is 3.39. The number of rotatable bonds is 2. The summed E-state index contributed by atoms with van der Waals surface area (Å²) in [7, 11) is 0. The molecule has 2 N–H and O–H groups in total. The van der Waals surface area contributed by atoms with Crippen LogP contribution in [0.1, 0.15) is 10.4 Å².